The van der Waals surface area contributed by atoms with Crippen LogP contribution in [0.3, 0.4) is 0 Å². The summed E-state index contributed by atoms with van der Waals surface area (Å²) in [6.45, 7) is 2.29. The zero-order valence-corrected chi connectivity index (χ0v) is 13.2. The van der Waals surface area contributed by atoms with E-state index in [9.17, 15) is 5.11 Å². The minimum absolute atomic E-state index is 0.555. The number of para-hydroxylation sites is 1. The lowest BCUT2D eigenvalue weighted by Crippen LogP contribution is -2.02. The second kappa shape index (κ2) is 6.29. The van der Waals surface area contributed by atoms with Crippen molar-refractivity contribution in [3.05, 3.63) is 53.3 Å². The lowest BCUT2D eigenvalue weighted by atomic mass is 10.2. The van der Waals surface area contributed by atoms with Crippen LogP contribution in [0, 0.1) is 0 Å². The van der Waals surface area contributed by atoms with E-state index in [4.69, 9.17) is 4.74 Å². The van der Waals surface area contributed by atoms with Crippen LogP contribution in [0.4, 0.5) is 0 Å². The van der Waals surface area contributed by atoms with Crippen molar-refractivity contribution < 1.29 is 9.84 Å². The summed E-state index contributed by atoms with van der Waals surface area (Å²) in [6, 6.07) is 9.66. The van der Waals surface area contributed by atoms with Gasteiger partial charge in [0.1, 0.15) is 10.8 Å². The third kappa shape index (κ3) is 3.03. The van der Waals surface area contributed by atoms with Crippen molar-refractivity contribution in [1.82, 2.24) is 14.8 Å². The average molecular weight is 315 g/mol. The van der Waals surface area contributed by atoms with Crippen LogP contribution in [-0.4, -0.2) is 27.0 Å². The Morgan fingerprint density at radius 2 is 2.14 bits per heavy atom. The maximum absolute atomic E-state index is 9.51. The molecule has 114 valence electrons. The van der Waals surface area contributed by atoms with Gasteiger partial charge in [-0.3, -0.25) is 4.68 Å². The first-order valence-electron chi connectivity index (χ1n) is 6.96. The van der Waals surface area contributed by atoms with Crippen LogP contribution in [0.5, 0.6) is 5.75 Å². The molecule has 6 heteroatoms. The highest BCUT2D eigenvalue weighted by Gasteiger charge is 2.11. The molecule has 1 unspecified atom stereocenters. The van der Waals surface area contributed by atoms with Crippen LogP contribution >= 0.6 is 11.3 Å². The number of hydrogen-bond donors (Lipinski definition) is 1. The Kier molecular flexibility index (Phi) is 4.22. The van der Waals surface area contributed by atoms with Gasteiger partial charge in [-0.1, -0.05) is 12.1 Å². The van der Waals surface area contributed by atoms with Crippen molar-refractivity contribution >= 4 is 11.3 Å². The van der Waals surface area contributed by atoms with E-state index in [1.807, 2.05) is 41.9 Å². The van der Waals surface area contributed by atoms with E-state index >= 15 is 0 Å². The minimum atomic E-state index is -0.555. The molecule has 0 amide bonds. The van der Waals surface area contributed by atoms with Crippen molar-refractivity contribution in [2.24, 2.45) is 0 Å². The summed E-state index contributed by atoms with van der Waals surface area (Å²) in [5.41, 5.74) is 2.60. The molecule has 22 heavy (non-hydrogen) atoms. The molecule has 3 rings (SSSR count). The lowest BCUT2D eigenvalue weighted by molar-refractivity contribution is 0.193. The normalized spacial score (nSPS) is 12.3. The van der Waals surface area contributed by atoms with Crippen molar-refractivity contribution in [2.45, 2.75) is 19.6 Å². The van der Waals surface area contributed by atoms with Crippen molar-refractivity contribution in [3.63, 3.8) is 0 Å². The minimum Gasteiger partial charge on any atom is -0.496 e. The highest BCUT2D eigenvalue weighted by molar-refractivity contribution is 7.13. The fourth-order valence-electron chi connectivity index (χ4n) is 2.18. The molecule has 0 bridgehead atoms. The summed E-state index contributed by atoms with van der Waals surface area (Å²) in [4.78, 5) is 4.65. The van der Waals surface area contributed by atoms with Crippen molar-refractivity contribution in [2.75, 3.05) is 7.11 Å². The quantitative estimate of drug-likeness (QED) is 0.786. The van der Waals surface area contributed by atoms with Gasteiger partial charge in [-0.05, 0) is 25.1 Å². The molecule has 0 saturated heterocycles. The number of aliphatic hydroxyl groups is 1. The van der Waals surface area contributed by atoms with E-state index in [-0.39, 0.29) is 0 Å². The Labute approximate surface area is 132 Å². The molecule has 0 aliphatic heterocycles. The van der Waals surface area contributed by atoms with E-state index in [0.717, 1.165) is 22.0 Å². The van der Waals surface area contributed by atoms with Crippen molar-refractivity contribution in [1.29, 1.82) is 0 Å². The van der Waals surface area contributed by atoms with Gasteiger partial charge in [0.15, 0.2) is 0 Å². The number of ether oxygens (including phenoxy) is 1. The Morgan fingerprint density at radius 3 is 2.86 bits per heavy atom. The summed E-state index contributed by atoms with van der Waals surface area (Å²) in [5, 5.41) is 16.8. The van der Waals surface area contributed by atoms with Crippen LogP contribution in [0.1, 0.15) is 24.4 Å². The molecule has 1 aromatic carbocycles. The summed E-state index contributed by atoms with van der Waals surface area (Å²) >= 11 is 1.58. The van der Waals surface area contributed by atoms with E-state index in [1.54, 1.807) is 30.1 Å². The van der Waals surface area contributed by atoms with Crippen molar-refractivity contribution in [3.8, 4) is 16.3 Å². The largest absolute Gasteiger partial charge is 0.496 e. The first-order valence-corrected chi connectivity index (χ1v) is 7.84. The fraction of sp³-hybridized carbons (Fsp3) is 0.250. The Morgan fingerprint density at radius 1 is 1.32 bits per heavy atom. The van der Waals surface area contributed by atoms with E-state index < -0.39 is 6.10 Å². The molecule has 2 aromatic heterocycles. The Bertz CT molecular complexity index is 764. The zero-order chi connectivity index (χ0) is 15.5. The standard InChI is InChI=1S/C16H17N3O2S/c1-11(20)14-7-8-19(18-14)9-12-10-22-16(17-12)13-5-3-4-6-15(13)21-2/h3-8,10-11,20H,9H2,1-2H3. The molecular weight excluding hydrogens is 298 g/mol. The number of aromatic nitrogens is 3. The van der Waals surface area contributed by atoms with Gasteiger partial charge in [0.05, 0.1) is 36.7 Å². The average Bonchev–Trinajstić information content (AvgIpc) is 3.17. The summed E-state index contributed by atoms with van der Waals surface area (Å²) < 4.78 is 7.16. The molecule has 3 aromatic rings. The Balaban J connectivity index is 1.81. The number of benzene rings is 1. The van der Waals surface area contributed by atoms with Gasteiger partial charge in [0.25, 0.3) is 0 Å². The number of rotatable bonds is 5. The molecule has 0 saturated carbocycles. The van der Waals surface area contributed by atoms with E-state index in [1.165, 1.54) is 0 Å². The fourth-order valence-corrected chi connectivity index (χ4v) is 3.02. The van der Waals surface area contributed by atoms with E-state index in [0.29, 0.717) is 12.2 Å². The smallest absolute Gasteiger partial charge is 0.129 e. The molecule has 1 atom stereocenters. The van der Waals surface area contributed by atoms with Gasteiger partial charge in [-0.15, -0.1) is 11.3 Å². The molecule has 0 aliphatic carbocycles. The number of thiazole rings is 1. The van der Waals surface area contributed by atoms with Crippen LogP contribution in [0.15, 0.2) is 41.9 Å². The number of methoxy groups -OCH3 is 1. The molecule has 0 radical (unpaired) electrons. The maximum Gasteiger partial charge on any atom is 0.129 e. The summed E-state index contributed by atoms with van der Waals surface area (Å²) in [5.74, 6) is 0.818. The van der Waals surface area contributed by atoms with Gasteiger partial charge in [-0.25, -0.2) is 4.98 Å². The summed E-state index contributed by atoms with van der Waals surface area (Å²) in [7, 11) is 1.66. The predicted octanol–water partition coefficient (Wildman–Crippen LogP) is 3.12. The molecule has 0 spiro atoms. The lowest BCUT2D eigenvalue weighted by Gasteiger charge is -2.04. The third-order valence-corrected chi connectivity index (χ3v) is 4.23. The second-order valence-electron chi connectivity index (χ2n) is 4.96. The van der Waals surface area contributed by atoms with Gasteiger partial charge < -0.3 is 9.84 Å². The molecular formula is C16H17N3O2S. The predicted molar refractivity (Wildman–Crippen MR) is 86.1 cm³/mol. The first kappa shape index (κ1) is 14.7. The molecule has 2 heterocycles. The van der Waals surface area contributed by atoms with Gasteiger partial charge >= 0.3 is 0 Å². The first-order chi connectivity index (χ1) is 10.7. The highest BCUT2D eigenvalue weighted by atomic mass is 32.1. The van der Waals surface area contributed by atoms with Crippen LogP contribution in [0.2, 0.25) is 0 Å². The monoisotopic (exact) mass is 315 g/mol. The second-order valence-corrected chi connectivity index (χ2v) is 5.82. The molecule has 0 aliphatic rings. The molecule has 5 nitrogen and oxygen atoms in total. The molecule has 0 fully saturated rings. The maximum atomic E-state index is 9.51. The zero-order valence-electron chi connectivity index (χ0n) is 12.4. The third-order valence-electron chi connectivity index (χ3n) is 3.30. The number of hydrogen-bond acceptors (Lipinski definition) is 5. The topological polar surface area (TPSA) is 60.2 Å². The van der Waals surface area contributed by atoms with E-state index in [2.05, 4.69) is 10.1 Å². The van der Waals surface area contributed by atoms with Gasteiger partial charge in [0.2, 0.25) is 0 Å². The summed E-state index contributed by atoms with van der Waals surface area (Å²) in [6.07, 6.45) is 1.30. The van der Waals surface area contributed by atoms with Crippen LogP contribution in [0.25, 0.3) is 10.6 Å². The number of nitrogens with zero attached hydrogens (tertiary/aromatic N) is 3. The van der Waals surface area contributed by atoms with Gasteiger partial charge in [-0.2, -0.15) is 5.10 Å². The van der Waals surface area contributed by atoms with Crippen LogP contribution < -0.4 is 4.74 Å². The van der Waals surface area contributed by atoms with Gasteiger partial charge in [0, 0.05) is 11.6 Å². The Hall–Kier alpha value is -2.18. The van der Waals surface area contributed by atoms with Crippen LogP contribution in [-0.2, 0) is 6.54 Å². The SMILES string of the molecule is COc1ccccc1-c1nc(Cn2ccc(C(C)O)n2)cs1. The highest BCUT2D eigenvalue weighted by Crippen LogP contribution is 2.31. The number of aliphatic hydroxyl groups excluding tert-OH is 1. The molecule has 1 N–H and O–H groups in total.